The predicted octanol–water partition coefficient (Wildman–Crippen LogP) is 2.50. The molecule has 4 atom stereocenters. The van der Waals surface area contributed by atoms with E-state index in [2.05, 4.69) is 12.2 Å². The Bertz CT molecular complexity index is 246. The molecule has 0 amide bonds. The first-order valence-corrected chi connectivity index (χ1v) is 5.66. The Morgan fingerprint density at radius 3 is 3.08 bits per heavy atom. The molecule has 0 aliphatic heterocycles. The normalized spacial score (nSPS) is 53.5. The zero-order valence-electron chi connectivity index (χ0n) is 8.08. The molecule has 3 fully saturated rings. The molecule has 1 heteroatoms. The lowest BCUT2D eigenvalue weighted by atomic mass is 9.52. The van der Waals surface area contributed by atoms with Crippen molar-refractivity contribution >= 4 is 0 Å². The van der Waals surface area contributed by atoms with Crippen molar-refractivity contribution < 1.29 is 5.11 Å². The molecule has 2 bridgehead atoms. The standard InChI is InChI=1S/C12H18O/c13-11-8-12-5-2-1-3-10(12)7-9(11)4-6-12/h2,5,9-11,13H,1,3-4,6-8H2/t9-,10?,11?,12-/m0/s1. The Morgan fingerprint density at radius 1 is 1.31 bits per heavy atom. The van der Waals surface area contributed by atoms with Gasteiger partial charge >= 0.3 is 0 Å². The third-order valence-electron chi connectivity index (χ3n) is 4.65. The van der Waals surface area contributed by atoms with Crippen LogP contribution in [-0.2, 0) is 0 Å². The molecule has 0 aromatic carbocycles. The van der Waals surface area contributed by atoms with E-state index in [-0.39, 0.29) is 6.10 Å². The van der Waals surface area contributed by atoms with Crippen molar-refractivity contribution in [1.29, 1.82) is 0 Å². The molecule has 0 aromatic rings. The van der Waals surface area contributed by atoms with Crippen LogP contribution in [0.1, 0.15) is 38.5 Å². The maximum Gasteiger partial charge on any atom is 0.0576 e. The lowest BCUT2D eigenvalue weighted by Crippen LogP contribution is -2.48. The van der Waals surface area contributed by atoms with Gasteiger partial charge in [-0.25, -0.2) is 0 Å². The largest absolute Gasteiger partial charge is 0.393 e. The molecule has 0 radical (unpaired) electrons. The van der Waals surface area contributed by atoms with Crippen LogP contribution in [0.25, 0.3) is 0 Å². The van der Waals surface area contributed by atoms with Gasteiger partial charge in [-0.1, -0.05) is 12.2 Å². The van der Waals surface area contributed by atoms with Gasteiger partial charge in [0.15, 0.2) is 0 Å². The molecule has 72 valence electrons. The first-order chi connectivity index (χ1) is 6.30. The third-order valence-corrected chi connectivity index (χ3v) is 4.65. The summed E-state index contributed by atoms with van der Waals surface area (Å²) in [6.45, 7) is 0. The molecule has 1 N–H and O–H groups in total. The molecule has 4 aliphatic rings. The van der Waals surface area contributed by atoms with Crippen molar-refractivity contribution in [2.75, 3.05) is 0 Å². The molecule has 1 spiro atoms. The smallest absolute Gasteiger partial charge is 0.0576 e. The highest BCUT2D eigenvalue weighted by Crippen LogP contribution is 2.57. The van der Waals surface area contributed by atoms with Gasteiger partial charge in [0.25, 0.3) is 0 Å². The first-order valence-electron chi connectivity index (χ1n) is 5.66. The van der Waals surface area contributed by atoms with Crippen molar-refractivity contribution in [3.05, 3.63) is 12.2 Å². The highest BCUT2D eigenvalue weighted by atomic mass is 16.3. The van der Waals surface area contributed by atoms with Crippen LogP contribution in [-0.4, -0.2) is 11.2 Å². The molecule has 4 aliphatic carbocycles. The summed E-state index contributed by atoms with van der Waals surface area (Å²) in [5, 5.41) is 9.90. The van der Waals surface area contributed by atoms with E-state index in [4.69, 9.17) is 0 Å². The summed E-state index contributed by atoms with van der Waals surface area (Å²) in [6, 6.07) is 0. The average molecular weight is 178 g/mol. The van der Waals surface area contributed by atoms with E-state index in [1.165, 1.54) is 32.1 Å². The summed E-state index contributed by atoms with van der Waals surface area (Å²) in [6.07, 6.45) is 12.4. The Kier molecular flexibility index (Phi) is 1.61. The van der Waals surface area contributed by atoms with E-state index in [0.717, 1.165) is 12.3 Å². The van der Waals surface area contributed by atoms with Crippen molar-refractivity contribution in [2.45, 2.75) is 44.6 Å². The molecule has 3 saturated carbocycles. The molecule has 4 rings (SSSR count). The summed E-state index contributed by atoms with van der Waals surface area (Å²) in [7, 11) is 0. The zero-order chi connectivity index (χ0) is 8.89. The minimum atomic E-state index is 0.00718. The molecule has 0 aromatic heterocycles. The zero-order valence-corrected chi connectivity index (χ0v) is 8.08. The van der Waals surface area contributed by atoms with Gasteiger partial charge in [-0.15, -0.1) is 0 Å². The lowest BCUT2D eigenvalue weighted by molar-refractivity contribution is -0.0721. The number of aliphatic hydroxyl groups is 1. The van der Waals surface area contributed by atoms with Crippen molar-refractivity contribution in [3.63, 3.8) is 0 Å². The summed E-state index contributed by atoms with van der Waals surface area (Å²) in [5.41, 5.74) is 0.423. The minimum Gasteiger partial charge on any atom is -0.393 e. The molecular formula is C12H18O. The second-order valence-corrected chi connectivity index (χ2v) is 5.22. The van der Waals surface area contributed by atoms with Gasteiger partial charge in [-0.3, -0.25) is 0 Å². The van der Waals surface area contributed by atoms with Crippen LogP contribution in [0.15, 0.2) is 12.2 Å². The van der Waals surface area contributed by atoms with Crippen LogP contribution in [0.4, 0.5) is 0 Å². The second-order valence-electron chi connectivity index (χ2n) is 5.22. The predicted molar refractivity (Wildman–Crippen MR) is 52.3 cm³/mol. The summed E-state index contributed by atoms with van der Waals surface area (Å²) in [5.74, 6) is 1.54. The second kappa shape index (κ2) is 2.60. The van der Waals surface area contributed by atoms with Crippen LogP contribution >= 0.6 is 0 Å². The Hall–Kier alpha value is -0.300. The quantitative estimate of drug-likeness (QED) is 0.565. The first kappa shape index (κ1) is 8.05. The van der Waals surface area contributed by atoms with Crippen LogP contribution < -0.4 is 0 Å². The van der Waals surface area contributed by atoms with Gasteiger partial charge in [-0.2, -0.15) is 0 Å². The fourth-order valence-electron chi connectivity index (χ4n) is 3.86. The highest BCUT2D eigenvalue weighted by Gasteiger charge is 2.50. The van der Waals surface area contributed by atoms with Crippen molar-refractivity contribution in [1.82, 2.24) is 0 Å². The monoisotopic (exact) mass is 178 g/mol. The van der Waals surface area contributed by atoms with Gasteiger partial charge in [-0.05, 0) is 55.8 Å². The number of hydrogen-bond acceptors (Lipinski definition) is 1. The van der Waals surface area contributed by atoms with Crippen LogP contribution in [0.3, 0.4) is 0 Å². The molecule has 2 unspecified atom stereocenters. The Balaban J connectivity index is 1.96. The lowest BCUT2D eigenvalue weighted by Gasteiger charge is -2.54. The highest BCUT2D eigenvalue weighted by molar-refractivity contribution is 5.14. The van der Waals surface area contributed by atoms with Crippen LogP contribution in [0.5, 0.6) is 0 Å². The maximum atomic E-state index is 9.90. The van der Waals surface area contributed by atoms with Gasteiger partial charge in [0.05, 0.1) is 6.10 Å². The van der Waals surface area contributed by atoms with E-state index >= 15 is 0 Å². The summed E-state index contributed by atoms with van der Waals surface area (Å²) >= 11 is 0. The van der Waals surface area contributed by atoms with Crippen LogP contribution in [0.2, 0.25) is 0 Å². The van der Waals surface area contributed by atoms with Crippen molar-refractivity contribution in [3.8, 4) is 0 Å². The van der Waals surface area contributed by atoms with Gasteiger partial charge < -0.3 is 5.11 Å². The molecule has 1 nitrogen and oxygen atoms in total. The summed E-state index contributed by atoms with van der Waals surface area (Å²) < 4.78 is 0. The molecule has 0 saturated heterocycles. The van der Waals surface area contributed by atoms with E-state index in [9.17, 15) is 5.11 Å². The van der Waals surface area contributed by atoms with E-state index < -0.39 is 0 Å². The van der Waals surface area contributed by atoms with E-state index in [1.807, 2.05) is 0 Å². The van der Waals surface area contributed by atoms with E-state index in [1.54, 1.807) is 0 Å². The number of allylic oxidation sites excluding steroid dienone is 2. The van der Waals surface area contributed by atoms with Crippen LogP contribution in [0, 0.1) is 17.3 Å². The third kappa shape index (κ3) is 1.03. The number of hydrogen-bond donors (Lipinski definition) is 1. The number of fused-ring (bicyclic) bond motifs is 2. The van der Waals surface area contributed by atoms with Gasteiger partial charge in [0, 0.05) is 0 Å². The SMILES string of the molecule is OC1C[C@@]23C=CCCC2C[C@@H]1CC3. The Morgan fingerprint density at radius 2 is 2.23 bits per heavy atom. The topological polar surface area (TPSA) is 20.2 Å². The Labute approximate surface area is 79.8 Å². The molecule has 0 heterocycles. The van der Waals surface area contributed by atoms with Gasteiger partial charge in [0.2, 0.25) is 0 Å². The molecule has 13 heavy (non-hydrogen) atoms. The van der Waals surface area contributed by atoms with Gasteiger partial charge in [0.1, 0.15) is 0 Å². The fraction of sp³-hybridized carbons (Fsp3) is 0.833. The maximum absolute atomic E-state index is 9.90. The van der Waals surface area contributed by atoms with E-state index in [0.29, 0.717) is 11.3 Å². The number of rotatable bonds is 0. The fourth-order valence-corrected chi connectivity index (χ4v) is 3.86. The van der Waals surface area contributed by atoms with Crippen molar-refractivity contribution in [2.24, 2.45) is 17.3 Å². The number of aliphatic hydroxyl groups excluding tert-OH is 1. The minimum absolute atomic E-state index is 0.00718. The summed E-state index contributed by atoms with van der Waals surface area (Å²) in [4.78, 5) is 0. The average Bonchev–Trinajstić information content (AvgIpc) is 2.16. The molecular weight excluding hydrogens is 160 g/mol.